The highest BCUT2D eigenvalue weighted by molar-refractivity contribution is 6.03. The predicted molar refractivity (Wildman–Crippen MR) is 95.1 cm³/mol. The molecule has 1 aromatic carbocycles. The second-order valence-electron chi connectivity index (χ2n) is 5.83. The third-order valence-electron chi connectivity index (χ3n) is 3.71. The molecule has 1 aromatic heterocycles. The Labute approximate surface area is 144 Å². The van der Waals surface area contributed by atoms with Crippen molar-refractivity contribution in [2.75, 3.05) is 5.32 Å². The molecule has 0 amide bonds. The van der Waals surface area contributed by atoms with Gasteiger partial charge in [-0.05, 0) is 37.0 Å². The van der Waals surface area contributed by atoms with Crippen LogP contribution in [0.1, 0.15) is 29.6 Å². The number of carboxylic acids is 1. The van der Waals surface area contributed by atoms with Crippen LogP contribution in [0.5, 0.6) is 0 Å². The number of nitrogens with one attached hydrogen (secondary N) is 2. The molecule has 8 heteroatoms. The van der Waals surface area contributed by atoms with Crippen molar-refractivity contribution in [3.05, 3.63) is 42.1 Å². The van der Waals surface area contributed by atoms with Gasteiger partial charge in [0.25, 0.3) is 0 Å². The van der Waals surface area contributed by atoms with Gasteiger partial charge in [-0.25, -0.2) is 14.8 Å². The van der Waals surface area contributed by atoms with Crippen molar-refractivity contribution in [1.82, 2.24) is 9.97 Å². The van der Waals surface area contributed by atoms with E-state index in [1.165, 1.54) is 18.3 Å². The first-order valence-electron chi connectivity index (χ1n) is 7.85. The lowest BCUT2D eigenvalue weighted by atomic mass is 10.2. The van der Waals surface area contributed by atoms with Crippen LogP contribution in [0.25, 0.3) is 0 Å². The fraction of sp³-hybridized carbons (Fsp3) is 0.235. The number of hydrogen-bond donors (Lipinski definition) is 4. The fourth-order valence-electron chi connectivity index (χ4n) is 2.29. The van der Waals surface area contributed by atoms with Crippen LogP contribution in [-0.4, -0.2) is 32.6 Å². The molecular formula is C17H18N6O2. The highest BCUT2D eigenvalue weighted by atomic mass is 16.4. The number of carbonyl (C=O) groups is 1. The van der Waals surface area contributed by atoms with E-state index in [-0.39, 0.29) is 11.5 Å². The molecule has 0 unspecified atom stereocenters. The summed E-state index contributed by atoms with van der Waals surface area (Å²) in [7, 11) is 0. The summed E-state index contributed by atoms with van der Waals surface area (Å²) in [6.45, 7) is 0. The van der Waals surface area contributed by atoms with Crippen LogP contribution in [0.15, 0.2) is 41.5 Å². The molecule has 2 aromatic rings. The molecule has 0 spiro atoms. The SMILES string of the molecule is N=C(CC(N)=Nc1ccnc(Nc2cccc(C(=O)O)c2)n1)C1CC1. The largest absolute Gasteiger partial charge is 0.478 e. The number of aromatic nitrogens is 2. The van der Waals surface area contributed by atoms with Gasteiger partial charge < -0.3 is 21.6 Å². The van der Waals surface area contributed by atoms with E-state index in [0.717, 1.165) is 12.8 Å². The van der Waals surface area contributed by atoms with Crippen molar-refractivity contribution in [3.63, 3.8) is 0 Å². The molecule has 1 heterocycles. The summed E-state index contributed by atoms with van der Waals surface area (Å²) < 4.78 is 0. The van der Waals surface area contributed by atoms with E-state index in [9.17, 15) is 4.79 Å². The van der Waals surface area contributed by atoms with Crippen LogP contribution in [0.3, 0.4) is 0 Å². The van der Waals surface area contributed by atoms with Gasteiger partial charge in [0, 0.05) is 30.1 Å². The second-order valence-corrected chi connectivity index (χ2v) is 5.83. The first-order chi connectivity index (χ1) is 12.0. The van der Waals surface area contributed by atoms with E-state index in [2.05, 4.69) is 20.3 Å². The zero-order chi connectivity index (χ0) is 17.8. The van der Waals surface area contributed by atoms with Gasteiger partial charge >= 0.3 is 5.97 Å². The Morgan fingerprint density at radius 1 is 1.40 bits per heavy atom. The third-order valence-corrected chi connectivity index (χ3v) is 3.71. The quantitative estimate of drug-likeness (QED) is 0.452. The zero-order valence-corrected chi connectivity index (χ0v) is 13.4. The van der Waals surface area contributed by atoms with Crippen LogP contribution in [0.4, 0.5) is 17.5 Å². The van der Waals surface area contributed by atoms with Crippen LogP contribution < -0.4 is 11.1 Å². The second kappa shape index (κ2) is 7.08. The molecule has 0 bridgehead atoms. The molecule has 1 saturated carbocycles. The third kappa shape index (κ3) is 4.60. The number of aliphatic imine (C=N–C) groups is 1. The lowest BCUT2D eigenvalue weighted by Crippen LogP contribution is -2.17. The van der Waals surface area contributed by atoms with E-state index in [0.29, 0.717) is 35.4 Å². The molecule has 0 saturated heterocycles. The van der Waals surface area contributed by atoms with Crippen LogP contribution in [-0.2, 0) is 0 Å². The van der Waals surface area contributed by atoms with Gasteiger partial charge in [0.2, 0.25) is 5.95 Å². The molecule has 1 aliphatic rings. The molecule has 5 N–H and O–H groups in total. The van der Waals surface area contributed by atoms with Crippen molar-refractivity contribution in [2.45, 2.75) is 19.3 Å². The number of amidine groups is 1. The highest BCUT2D eigenvalue weighted by Crippen LogP contribution is 2.31. The molecule has 0 aliphatic heterocycles. The van der Waals surface area contributed by atoms with Crippen LogP contribution in [0.2, 0.25) is 0 Å². The predicted octanol–water partition coefficient (Wildman–Crippen LogP) is 2.73. The summed E-state index contributed by atoms with van der Waals surface area (Å²) in [6, 6.07) is 7.97. The Kier molecular flexibility index (Phi) is 4.69. The van der Waals surface area contributed by atoms with E-state index >= 15 is 0 Å². The van der Waals surface area contributed by atoms with Crippen LogP contribution in [0, 0.1) is 11.3 Å². The minimum atomic E-state index is -1.01. The van der Waals surface area contributed by atoms with Gasteiger partial charge in [-0.1, -0.05) is 6.07 Å². The number of nitrogens with zero attached hydrogens (tertiary/aromatic N) is 3. The highest BCUT2D eigenvalue weighted by Gasteiger charge is 2.26. The Balaban J connectivity index is 1.71. The van der Waals surface area contributed by atoms with Crippen molar-refractivity contribution in [2.24, 2.45) is 16.6 Å². The topological polar surface area (TPSA) is 137 Å². The average molecular weight is 338 g/mol. The molecule has 1 aliphatic carbocycles. The van der Waals surface area contributed by atoms with Gasteiger partial charge in [0.05, 0.1) is 5.56 Å². The van der Waals surface area contributed by atoms with Crippen molar-refractivity contribution >= 4 is 35.0 Å². The normalized spacial score (nSPS) is 14.2. The average Bonchev–Trinajstić information content (AvgIpc) is 3.40. The van der Waals surface area contributed by atoms with E-state index in [1.54, 1.807) is 18.2 Å². The van der Waals surface area contributed by atoms with E-state index in [4.69, 9.17) is 16.2 Å². The first kappa shape index (κ1) is 16.6. The summed E-state index contributed by atoms with van der Waals surface area (Å²) in [5.74, 6) is 0.364. The molecule has 0 atom stereocenters. The summed E-state index contributed by atoms with van der Waals surface area (Å²) >= 11 is 0. The molecule has 0 radical (unpaired) electrons. The molecule has 25 heavy (non-hydrogen) atoms. The lowest BCUT2D eigenvalue weighted by Gasteiger charge is -2.06. The number of aromatic carboxylic acids is 1. The molecule has 128 valence electrons. The number of anilines is 2. The number of benzene rings is 1. The maximum atomic E-state index is 11.0. The van der Waals surface area contributed by atoms with E-state index < -0.39 is 5.97 Å². The Morgan fingerprint density at radius 3 is 2.92 bits per heavy atom. The number of carboxylic acid groups (broad SMARTS) is 1. The number of rotatable bonds is 7. The van der Waals surface area contributed by atoms with Gasteiger partial charge in [-0.2, -0.15) is 4.98 Å². The molecule has 1 fully saturated rings. The summed E-state index contributed by atoms with van der Waals surface area (Å²) in [5, 5.41) is 19.9. The van der Waals surface area contributed by atoms with Crippen molar-refractivity contribution < 1.29 is 9.90 Å². The number of nitrogens with two attached hydrogens (primary N) is 1. The Morgan fingerprint density at radius 2 is 2.20 bits per heavy atom. The zero-order valence-electron chi connectivity index (χ0n) is 13.4. The maximum Gasteiger partial charge on any atom is 0.335 e. The molecule has 8 nitrogen and oxygen atoms in total. The van der Waals surface area contributed by atoms with Crippen molar-refractivity contribution in [1.29, 1.82) is 5.41 Å². The van der Waals surface area contributed by atoms with Gasteiger partial charge in [-0.3, -0.25) is 0 Å². The lowest BCUT2D eigenvalue weighted by molar-refractivity contribution is 0.0697. The van der Waals surface area contributed by atoms with Gasteiger partial charge in [0.1, 0.15) is 5.84 Å². The smallest absolute Gasteiger partial charge is 0.335 e. The molecule has 3 rings (SSSR count). The van der Waals surface area contributed by atoms with E-state index in [1.807, 2.05) is 0 Å². The van der Waals surface area contributed by atoms with Gasteiger partial charge in [0.15, 0.2) is 5.82 Å². The minimum Gasteiger partial charge on any atom is -0.478 e. The van der Waals surface area contributed by atoms with Crippen LogP contribution >= 0.6 is 0 Å². The first-order valence-corrected chi connectivity index (χ1v) is 7.85. The standard InChI is InChI=1S/C17H18N6O2/c18-13(10-4-5-10)9-14(19)22-15-6-7-20-17(23-15)21-12-3-1-2-11(8-12)16(24)25/h1-3,6-8,10,18H,4-5,9H2,(H,24,25)(H3,19,20,21,22,23). The maximum absolute atomic E-state index is 11.0. The summed E-state index contributed by atoms with van der Waals surface area (Å²) in [4.78, 5) is 23.6. The summed E-state index contributed by atoms with van der Waals surface area (Å²) in [6.07, 6.45) is 4.00. The molecular weight excluding hydrogens is 320 g/mol. The summed E-state index contributed by atoms with van der Waals surface area (Å²) in [5.41, 5.74) is 7.23. The fourth-order valence-corrected chi connectivity index (χ4v) is 2.29. The Hall–Kier alpha value is -3.29. The van der Waals surface area contributed by atoms with Gasteiger partial charge in [-0.15, -0.1) is 0 Å². The minimum absolute atomic E-state index is 0.169. The van der Waals surface area contributed by atoms with Crippen molar-refractivity contribution in [3.8, 4) is 0 Å². The monoisotopic (exact) mass is 338 g/mol. The number of hydrogen-bond acceptors (Lipinski definition) is 6. The Bertz CT molecular complexity index is 845.